The van der Waals surface area contributed by atoms with Gasteiger partial charge >= 0.3 is 11.9 Å². The topological polar surface area (TPSA) is 416 Å². The summed E-state index contributed by atoms with van der Waals surface area (Å²) in [6.45, 7) is 11.1. The number of nitrogens with one attached hydrogen (secondary N) is 7. The number of benzene rings is 1. The fourth-order valence-electron chi connectivity index (χ4n) is 7.35. The quantitative estimate of drug-likeness (QED) is 0.0271. The Morgan fingerprint density at radius 1 is 0.767 bits per heavy atom. The minimum atomic E-state index is -1.95. The Morgan fingerprint density at radius 2 is 1.32 bits per heavy atom. The summed E-state index contributed by atoms with van der Waals surface area (Å²) >= 11 is 0. The Morgan fingerprint density at radius 3 is 1.85 bits per heavy atom. The van der Waals surface area contributed by atoms with Crippen molar-refractivity contribution in [2.24, 2.45) is 50.7 Å². The van der Waals surface area contributed by atoms with Gasteiger partial charge in [-0.1, -0.05) is 81.5 Å². The molecule has 1 aliphatic rings. The van der Waals surface area contributed by atoms with Crippen LogP contribution in [0.5, 0.6) is 0 Å². The zero-order valence-electron chi connectivity index (χ0n) is 42.1. The van der Waals surface area contributed by atoms with Crippen LogP contribution < -0.4 is 60.2 Å². The third-order valence-corrected chi connectivity index (χ3v) is 11.7. The van der Waals surface area contributed by atoms with Gasteiger partial charge in [0.25, 0.3) is 5.91 Å². The summed E-state index contributed by atoms with van der Waals surface area (Å²) in [5.41, 5.74) is 23.1. The number of carbonyl (C=O) groups excluding carboxylic acids is 7. The number of amides is 7. The summed E-state index contributed by atoms with van der Waals surface area (Å²) in [5, 5.41) is 37.4. The minimum Gasteiger partial charge on any atom is -0.480 e. The van der Waals surface area contributed by atoms with E-state index in [2.05, 4.69) is 53.8 Å². The van der Waals surface area contributed by atoms with Gasteiger partial charge in [-0.25, -0.2) is 9.59 Å². The van der Waals surface area contributed by atoms with Crippen LogP contribution in [0.2, 0.25) is 0 Å². The molecule has 1 fully saturated rings. The largest absolute Gasteiger partial charge is 0.480 e. The van der Waals surface area contributed by atoms with E-state index in [0.717, 1.165) is 5.56 Å². The zero-order valence-corrected chi connectivity index (χ0v) is 42.1. The second kappa shape index (κ2) is 30.8. The average molecular weight is 1020 g/mol. The summed E-state index contributed by atoms with van der Waals surface area (Å²) < 4.78 is 5.81. The van der Waals surface area contributed by atoms with Gasteiger partial charge in [0, 0.05) is 32.5 Å². The van der Waals surface area contributed by atoms with Crippen LogP contribution in [0, 0.1) is 17.8 Å². The number of nitrogens with zero attached hydrogens (tertiary/aromatic N) is 2. The number of allylic oxidation sites excluding steroid dienone is 2. The van der Waals surface area contributed by atoms with E-state index in [1.54, 1.807) is 20.1 Å². The molecule has 2 rings (SSSR count). The molecule has 0 radical (unpaired) electrons. The van der Waals surface area contributed by atoms with E-state index in [4.69, 9.17) is 27.7 Å². The molecule has 1 heterocycles. The molecule has 0 saturated carbocycles. The molecule has 0 bridgehead atoms. The molecule has 0 aliphatic carbocycles. The Labute approximate surface area is 424 Å². The number of aliphatic imine (C=N–C) groups is 2. The van der Waals surface area contributed by atoms with E-state index >= 15 is 0 Å². The van der Waals surface area contributed by atoms with Gasteiger partial charge in [-0.15, -0.1) is 0 Å². The molecule has 1 aromatic rings. The molecule has 0 aromatic heterocycles. The molecular formula is C48H73N13O12. The van der Waals surface area contributed by atoms with E-state index in [9.17, 15) is 53.4 Å². The second-order valence-corrected chi connectivity index (χ2v) is 17.7. The lowest BCUT2D eigenvalue weighted by Gasteiger charge is -2.28. The monoisotopic (exact) mass is 1020 g/mol. The maximum atomic E-state index is 14.4. The fraction of sp³-hybridized carbons (Fsp3) is 0.521. The summed E-state index contributed by atoms with van der Waals surface area (Å²) in [4.78, 5) is 128. The predicted octanol–water partition coefficient (Wildman–Crippen LogP) is -1.72. The van der Waals surface area contributed by atoms with Crippen molar-refractivity contribution in [2.45, 2.75) is 122 Å². The van der Waals surface area contributed by atoms with Crippen LogP contribution in [-0.2, 0) is 54.3 Å². The number of rotatable bonds is 17. The predicted molar refractivity (Wildman–Crippen MR) is 270 cm³/mol. The number of aliphatic carboxylic acids is 2. The maximum Gasteiger partial charge on any atom is 0.327 e. The highest BCUT2D eigenvalue weighted by Crippen LogP contribution is 2.18. The molecule has 10 atom stereocenters. The van der Waals surface area contributed by atoms with Crippen LogP contribution in [-0.4, -0.2) is 138 Å². The number of methoxy groups -OCH3 is 1. The van der Waals surface area contributed by atoms with E-state index < -0.39 is 120 Å². The highest BCUT2D eigenvalue weighted by atomic mass is 16.5. The Bertz CT molecular complexity index is 2250. The van der Waals surface area contributed by atoms with E-state index in [0.29, 0.717) is 12.0 Å². The normalized spacial score (nSPS) is 24.6. The first-order valence-corrected chi connectivity index (χ1v) is 23.7. The molecule has 7 amide bonds. The standard InChI is InChI=1S/C48H73N13O12/c1-25(23-26(2)36(73-7)24-31-13-9-8-10-14-31)17-18-32-27(3)39(63)60-35(45(69)70)19-20-37(62)55-29(5)41(65)56-30(6)42(66)59-34(16-12-22-54-48(51)52)44(68)61-38(46(71)72)28(4)40(64)58-33(43(67)57-32)15-11-21-53-47(49)50/h8-10,13-14,17-18,23,26-28,30,32-36,38H,5,11-12,15-16,19-22,24H2,1-4,6-7H3,(H,55,62)(H,56,65)(H,57,67)(H,58,64)(H,59,66)(H,60,63)(H,61,68)(H,69,70)(H,71,72)(H4,49,50,53)(H4,51,52,54)/b18-17+,25-23+/t26-,27-,28-,30+,32-,33-,34-,35+,36-,38+/m0/s1. The maximum absolute atomic E-state index is 14.4. The number of carboxylic acid groups (broad SMARTS) is 2. The van der Waals surface area contributed by atoms with Crippen molar-refractivity contribution in [3.05, 3.63) is 72.0 Å². The molecule has 73 heavy (non-hydrogen) atoms. The summed E-state index contributed by atoms with van der Waals surface area (Å²) in [5.74, 6) is -13.2. The minimum absolute atomic E-state index is 0.00367. The van der Waals surface area contributed by atoms with Crippen molar-refractivity contribution >= 4 is 65.2 Å². The van der Waals surface area contributed by atoms with Crippen LogP contribution in [0.15, 0.2) is 76.4 Å². The van der Waals surface area contributed by atoms with Gasteiger partial charge < -0.3 is 75.1 Å². The number of nitrogens with two attached hydrogens (primary N) is 4. The molecule has 1 saturated heterocycles. The fourth-order valence-corrected chi connectivity index (χ4v) is 7.35. The van der Waals surface area contributed by atoms with Gasteiger partial charge in [0.15, 0.2) is 11.9 Å². The van der Waals surface area contributed by atoms with E-state index in [-0.39, 0.29) is 62.7 Å². The number of guanidine groups is 2. The molecule has 0 unspecified atom stereocenters. The Balaban J connectivity index is 2.71. The molecular weight excluding hydrogens is 951 g/mol. The molecule has 0 spiro atoms. The van der Waals surface area contributed by atoms with Crippen molar-refractivity contribution in [1.82, 2.24) is 37.2 Å². The first-order valence-electron chi connectivity index (χ1n) is 23.7. The zero-order chi connectivity index (χ0) is 54.9. The lowest BCUT2D eigenvalue weighted by molar-refractivity contribution is -0.146. The Kier molecular flexibility index (Phi) is 25.9. The average Bonchev–Trinajstić information content (AvgIpc) is 3.32. The molecule has 25 heteroatoms. The SMILES string of the molecule is C=C1NC(=O)CC[C@H](C(=O)O)NC(=O)[C@@H](C)[C@H](/C=C/C(C)=C/[C@H](C)[C@H](Cc2ccccc2)OC)NC(=O)[C@H](CCCN=C(N)N)NC(=O)[C@@H](C)[C@H](C(=O)O)NC(=O)[C@H](CCCN=C(N)N)NC(=O)[C@@H](C)NC1=O. The first-order chi connectivity index (χ1) is 34.3. The number of carboxylic acids is 2. The summed E-state index contributed by atoms with van der Waals surface area (Å²) in [6.07, 6.45) is 4.35. The first kappa shape index (κ1) is 61.3. The van der Waals surface area contributed by atoms with Crippen molar-refractivity contribution in [2.75, 3.05) is 20.2 Å². The van der Waals surface area contributed by atoms with Gasteiger partial charge in [0.05, 0.1) is 29.7 Å². The third kappa shape index (κ3) is 22.0. The van der Waals surface area contributed by atoms with Gasteiger partial charge in [-0.05, 0) is 57.9 Å². The smallest absolute Gasteiger partial charge is 0.327 e. The van der Waals surface area contributed by atoms with Crippen molar-refractivity contribution in [1.29, 1.82) is 0 Å². The molecule has 402 valence electrons. The van der Waals surface area contributed by atoms with Crippen LogP contribution in [0.1, 0.15) is 78.7 Å². The van der Waals surface area contributed by atoms with E-state index in [1.165, 1.54) is 26.8 Å². The van der Waals surface area contributed by atoms with Gasteiger partial charge in [-0.3, -0.25) is 43.5 Å². The van der Waals surface area contributed by atoms with Gasteiger partial charge in [0.2, 0.25) is 35.4 Å². The van der Waals surface area contributed by atoms with E-state index in [1.807, 2.05) is 43.3 Å². The Hall–Kier alpha value is -7.83. The van der Waals surface area contributed by atoms with Gasteiger partial charge in [0.1, 0.15) is 30.2 Å². The second-order valence-electron chi connectivity index (χ2n) is 17.7. The molecule has 1 aromatic carbocycles. The van der Waals surface area contributed by atoms with Gasteiger partial charge in [-0.2, -0.15) is 0 Å². The van der Waals surface area contributed by atoms with Crippen molar-refractivity contribution in [3.63, 3.8) is 0 Å². The molecule has 25 nitrogen and oxygen atoms in total. The molecule has 1 aliphatic heterocycles. The highest BCUT2D eigenvalue weighted by Gasteiger charge is 2.37. The number of hydrogen-bond donors (Lipinski definition) is 13. The lowest BCUT2D eigenvalue weighted by atomic mass is 9.94. The van der Waals surface area contributed by atoms with Crippen molar-refractivity contribution < 1.29 is 58.1 Å². The number of carbonyl (C=O) groups is 9. The lowest BCUT2D eigenvalue weighted by Crippen LogP contribution is -2.59. The number of hydrogen-bond acceptors (Lipinski definition) is 12. The van der Waals surface area contributed by atoms with Crippen LogP contribution in [0.3, 0.4) is 0 Å². The van der Waals surface area contributed by atoms with Crippen LogP contribution in [0.25, 0.3) is 0 Å². The summed E-state index contributed by atoms with van der Waals surface area (Å²) in [7, 11) is 1.60. The van der Waals surface area contributed by atoms with Crippen LogP contribution >= 0.6 is 0 Å². The molecule has 17 N–H and O–H groups in total. The third-order valence-electron chi connectivity index (χ3n) is 11.7. The van der Waals surface area contributed by atoms with Crippen molar-refractivity contribution in [3.8, 4) is 0 Å². The van der Waals surface area contributed by atoms with Crippen LogP contribution in [0.4, 0.5) is 0 Å². The highest BCUT2D eigenvalue weighted by molar-refractivity contribution is 6.00. The number of ether oxygens (including phenoxy) is 1. The summed E-state index contributed by atoms with van der Waals surface area (Å²) in [6, 6.07) is 0.625.